The summed E-state index contributed by atoms with van der Waals surface area (Å²) >= 11 is 3.33. The van der Waals surface area contributed by atoms with E-state index < -0.39 is 0 Å². The molecule has 2 heterocycles. The lowest BCUT2D eigenvalue weighted by Gasteiger charge is -2.09. The summed E-state index contributed by atoms with van der Waals surface area (Å²) in [5, 5.41) is 4.15. The van der Waals surface area contributed by atoms with Crippen LogP contribution in [0.3, 0.4) is 0 Å². The molecule has 16 heavy (non-hydrogen) atoms. The molecule has 0 aromatic carbocycles. The minimum atomic E-state index is -0.164. The minimum Gasteiger partial charge on any atom is -0.461 e. The van der Waals surface area contributed by atoms with Crippen LogP contribution in [0.25, 0.3) is 0 Å². The van der Waals surface area contributed by atoms with Gasteiger partial charge >= 0.3 is 0 Å². The van der Waals surface area contributed by atoms with Crippen LogP contribution in [0, 0.1) is 0 Å². The number of halogens is 1. The molecule has 0 aliphatic carbocycles. The second-order valence-electron chi connectivity index (χ2n) is 3.69. The van der Waals surface area contributed by atoms with Gasteiger partial charge in [-0.3, -0.25) is 9.48 Å². The highest BCUT2D eigenvalue weighted by Crippen LogP contribution is 2.22. The van der Waals surface area contributed by atoms with Gasteiger partial charge in [-0.25, -0.2) is 0 Å². The first-order valence-electron chi connectivity index (χ1n) is 4.92. The van der Waals surface area contributed by atoms with E-state index in [0.29, 0.717) is 15.9 Å². The van der Waals surface area contributed by atoms with Crippen molar-refractivity contribution in [3.05, 3.63) is 40.5 Å². The summed E-state index contributed by atoms with van der Waals surface area (Å²) in [5.41, 5.74) is 0.518. The molecule has 0 fully saturated rings. The van der Waals surface area contributed by atoms with Gasteiger partial charge in [0.2, 0.25) is 5.78 Å². The molecule has 0 radical (unpaired) electrons. The predicted molar refractivity (Wildman–Crippen MR) is 62.5 cm³/mol. The van der Waals surface area contributed by atoms with E-state index in [1.54, 1.807) is 23.0 Å². The lowest BCUT2D eigenvalue weighted by Crippen LogP contribution is -2.13. The van der Waals surface area contributed by atoms with E-state index in [-0.39, 0.29) is 11.8 Å². The van der Waals surface area contributed by atoms with Crippen LogP contribution < -0.4 is 0 Å². The van der Waals surface area contributed by atoms with Crippen molar-refractivity contribution >= 4 is 21.7 Å². The molecule has 0 atom stereocenters. The Hall–Kier alpha value is -1.36. The number of carbonyl (C=O) groups is 1. The van der Waals surface area contributed by atoms with Gasteiger partial charge in [0.1, 0.15) is 5.69 Å². The number of hydrogen-bond donors (Lipinski definition) is 0. The van der Waals surface area contributed by atoms with E-state index in [9.17, 15) is 4.79 Å². The summed E-state index contributed by atoms with van der Waals surface area (Å²) in [7, 11) is 0. The first-order chi connectivity index (χ1) is 7.61. The Morgan fingerprint density at radius 2 is 2.31 bits per heavy atom. The van der Waals surface area contributed by atoms with Gasteiger partial charge in [0.15, 0.2) is 5.76 Å². The van der Waals surface area contributed by atoms with Crippen LogP contribution in [0.4, 0.5) is 0 Å². The van der Waals surface area contributed by atoms with Gasteiger partial charge in [0.25, 0.3) is 0 Å². The van der Waals surface area contributed by atoms with Crippen LogP contribution in [0.15, 0.2) is 33.5 Å². The Morgan fingerprint density at radius 3 is 2.88 bits per heavy atom. The Labute approximate surface area is 101 Å². The van der Waals surface area contributed by atoms with Gasteiger partial charge in [-0.1, -0.05) is 0 Å². The number of aromatic nitrogens is 2. The molecule has 84 valence electrons. The van der Waals surface area contributed by atoms with Crippen molar-refractivity contribution in [1.29, 1.82) is 0 Å². The summed E-state index contributed by atoms with van der Waals surface area (Å²) in [5.74, 6) is 0.158. The minimum absolute atomic E-state index is 0.125. The Balaban J connectivity index is 2.48. The van der Waals surface area contributed by atoms with Crippen LogP contribution in [-0.2, 0) is 0 Å². The van der Waals surface area contributed by atoms with E-state index in [0.717, 1.165) is 0 Å². The fourth-order valence-corrected chi connectivity index (χ4v) is 1.92. The van der Waals surface area contributed by atoms with Gasteiger partial charge in [-0.05, 0) is 41.9 Å². The molecule has 0 saturated carbocycles. The van der Waals surface area contributed by atoms with E-state index in [4.69, 9.17) is 4.42 Å². The van der Waals surface area contributed by atoms with Gasteiger partial charge in [-0.15, -0.1) is 0 Å². The Morgan fingerprint density at radius 1 is 1.56 bits per heavy atom. The van der Waals surface area contributed by atoms with Crippen molar-refractivity contribution in [3.8, 4) is 0 Å². The summed E-state index contributed by atoms with van der Waals surface area (Å²) < 4.78 is 7.46. The van der Waals surface area contributed by atoms with Crippen molar-refractivity contribution in [2.45, 2.75) is 19.9 Å². The first kappa shape index (κ1) is 11.1. The molecule has 0 N–H and O–H groups in total. The normalized spacial score (nSPS) is 11.0. The Bertz CT molecular complexity index is 500. The zero-order chi connectivity index (χ0) is 11.7. The van der Waals surface area contributed by atoms with Crippen molar-refractivity contribution in [1.82, 2.24) is 9.78 Å². The molecule has 2 aromatic heterocycles. The maximum Gasteiger partial charge on any atom is 0.247 e. The molecule has 4 nitrogen and oxygen atoms in total. The van der Waals surface area contributed by atoms with E-state index in [2.05, 4.69) is 21.0 Å². The molecule has 0 unspecified atom stereocenters. The highest BCUT2D eigenvalue weighted by molar-refractivity contribution is 9.10. The molecule has 0 amide bonds. The summed E-state index contributed by atoms with van der Waals surface area (Å²) in [6.45, 7) is 3.94. The van der Waals surface area contributed by atoms with Crippen LogP contribution in [0.5, 0.6) is 0 Å². The molecule has 5 heteroatoms. The fraction of sp³-hybridized carbons (Fsp3) is 0.273. The summed E-state index contributed by atoms with van der Waals surface area (Å²) in [4.78, 5) is 12.1. The lowest BCUT2D eigenvalue weighted by atomic mass is 10.2. The highest BCUT2D eigenvalue weighted by atomic mass is 79.9. The third-order valence-corrected chi connectivity index (χ3v) is 2.78. The molecule has 2 aromatic rings. The van der Waals surface area contributed by atoms with Crippen molar-refractivity contribution in [3.63, 3.8) is 0 Å². The van der Waals surface area contributed by atoms with Gasteiger partial charge in [0.05, 0.1) is 16.9 Å². The molecule has 0 spiro atoms. The van der Waals surface area contributed by atoms with Crippen LogP contribution in [0.2, 0.25) is 0 Å². The quantitative estimate of drug-likeness (QED) is 0.813. The smallest absolute Gasteiger partial charge is 0.247 e. The standard InChI is InChI=1S/C11H11BrN2O2/c1-7(2)14-10(8(12)6-13-14)11(15)9-4-3-5-16-9/h3-7H,1-2H3. The molecular formula is C11H11BrN2O2. The SMILES string of the molecule is CC(C)n1ncc(Br)c1C(=O)c1ccco1. The number of rotatable bonds is 3. The third kappa shape index (κ3) is 1.82. The van der Waals surface area contributed by atoms with Crippen molar-refractivity contribution in [2.75, 3.05) is 0 Å². The molecule has 0 aliphatic rings. The van der Waals surface area contributed by atoms with Crippen LogP contribution >= 0.6 is 15.9 Å². The monoisotopic (exact) mass is 282 g/mol. The van der Waals surface area contributed by atoms with E-state index >= 15 is 0 Å². The number of furan rings is 1. The average Bonchev–Trinajstić information content (AvgIpc) is 2.84. The van der Waals surface area contributed by atoms with Gasteiger partial charge in [-0.2, -0.15) is 5.10 Å². The first-order valence-corrected chi connectivity index (χ1v) is 5.71. The zero-order valence-corrected chi connectivity index (χ0v) is 10.6. The molecule has 0 saturated heterocycles. The molecular weight excluding hydrogens is 272 g/mol. The zero-order valence-electron chi connectivity index (χ0n) is 8.98. The Kier molecular flexibility index (Phi) is 2.96. The number of carbonyl (C=O) groups excluding carboxylic acids is 1. The van der Waals surface area contributed by atoms with Gasteiger partial charge < -0.3 is 4.42 Å². The van der Waals surface area contributed by atoms with Gasteiger partial charge in [0, 0.05) is 6.04 Å². The molecule has 2 rings (SSSR count). The predicted octanol–water partition coefficient (Wildman–Crippen LogP) is 3.05. The van der Waals surface area contributed by atoms with Crippen molar-refractivity contribution in [2.24, 2.45) is 0 Å². The largest absolute Gasteiger partial charge is 0.461 e. The number of hydrogen-bond acceptors (Lipinski definition) is 3. The number of ketones is 1. The molecule has 0 aliphatic heterocycles. The highest BCUT2D eigenvalue weighted by Gasteiger charge is 2.21. The number of nitrogens with zero attached hydrogens (tertiary/aromatic N) is 2. The third-order valence-electron chi connectivity index (χ3n) is 2.20. The second kappa shape index (κ2) is 4.25. The van der Waals surface area contributed by atoms with Crippen molar-refractivity contribution < 1.29 is 9.21 Å². The van der Waals surface area contributed by atoms with Crippen LogP contribution in [-0.4, -0.2) is 15.6 Å². The van der Waals surface area contributed by atoms with E-state index in [1.165, 1.54) is 6.26 Å². The summed E-state index contributed by atoms with van der Waals surface area (Å²) in [6.07, 6.45) is 3.10. The maximum absolute atomic E-state index is 12.1. The average molecular weight is 283 g/mol. The van der Waals surface area contributed by atoms with Crippen LogP contribution in [0.1, 0.15) is 36.1 Å². The topological polar surface area (TPSA) is 48.0 Å². The maximum atomic E-state index is 12.1. The lowest BCUT2D eigenvalue weighted by molar-refractivity contribution is 0.0996. The van der Waals surface area contributed by atoms with E-state index in [1.807, 2.05) is 13.8 Å². The fourth-order valence-electron chi connectivity index (χ4n) is 1.47. The molecule has 0 bridgehead atoms. The second-order valence-corrected chi connectivity index (χ2v) is 4.54. The summed E-state index contributed by atoms with van der Waals surface area (Å²) in [6, 6.07) is 3.46.